The Morgan fingerprint density at radius 3 is 2.24 bits per heavy atom. The number of rotatable bonds is 7. The van der Waals surface area contributed by atoms with Crippen molar-refractivity contribution in [3.63, 3.8) is 0 Å². The molecule has 1 saturated heterocycles. The van der Waals surface area contributed by atoms with E-state index in [0.717, 1.165) is 16.9 Å². The predicted molar refractivity (Wildman–Crippen MR) is 175 cm³/mol. The molecule has 2 amide bonds. The van der Waals surface area contributed by atoms with Gasteiger partial charge in [-0.1, -0.05) is 59.6 Å². The molecule has 4 aromatic rings. The molecule has 11 heteroatoms. The number of amides is 2. The molecule has 1 aliphatic rings. The van der Waals surface area contributed by atoms with Crippen LogP contribution >= 0.6 is 66.8 Å². The van der Waals surface area contributed by atoms with Crippen molar-refractivity contribution in [1.29, 1.82) is 0 Å². The van der Waals surface area contributed by atoms with E-state index in [2.05, 4.69) is 37.2 Å². The van der Waals surface area contributed by atoms with E-state index in [9.17, 15) is 9.59 Å². The van der Waals surface area contributed by atoms with Crippen molar-refractivity contribution in [2.24, 2.45) is 4.99 Å². The molecule has 0 aromatic heterocycles. The van der Waals surface area contributed by atoms with Crippen LogP contribution in [0.25, 0.3) is 6.08 Å². The second-order valence-electron chi connectivity index (χ2n) is 8.60. The molecule has 0 atom stereocenters. The molecular formula is C30H19Br2Cl2N3O3S. The van der Waals surface area contributed by atoms with Crippen molar-refractivity contribution in [2.45, 2.75) is 0 Å². The van der Waals surface area contributed by atoms with Gasteiger partial charge in [-0.25, -0.2) is 4.99 Å². The molecule has 0 radical (unpaired) electrons. The number of halogens is 4. The van der Waals surface area contributed by atoms with Gasteiger partial charge in [0.25, 0.3) is 11.8 Å². The van der Waals surface area contributed by atoms with Crippen LogP contribution in [0.5, 0.6) is 5.75 Å². The predicted octanol–water partition coefficient (Wildman–Crippen LogP) is 9.34. The van der Waals surface area contributed by atoms with E-state index >= 15 is 0 Å². The van der Waals surface area contributed by atoms with Crippen LogP contribution in [-0.4, -0.2) is 23.6 Å². The smallest absolute Gasteiger partial charge is 0.271 e. The maximum absolute atomic E-state index is 13.6. The summed E-state index contributed by atoms with van der Waals surface area (Å²) in [6, 6.07) is 27.4. The van der Waals surface area contributed by atoms with Gasteiger partial charge < -0.3 is 10.1 Å². The molecule has 0 bridgehead atoms. The zero-order valence-corrected chi connectivity index (χ0v) is 26.5. The Bertz CT molecular complexity index is 1660. The fraction of sp³-hybridized carbons (Fsp3) is 0.0333. The highest BCUT2D eigenvalue weighted by molar-refractivity contribution is 9.11. The highest BCUT2D eigenvalue weighted by Gasteiger charge is 2.34. The van der Waals surface area contributed by atoms with Gasteiger partial charge in [0.05, 0.1) is 35.3 Å². The quantitative estimate of drug-likeness (QED) is 0.193. The summed E-state index contributed by atoms with van der Waals surface area (Å²) in [5, 5.41) is 4.01. The molecule has 5 rings (SSSR count). The standard InChI is InChI=1S/C30H19Br2Cl2N3O3S/c31-22-13-18(14-23(32)28(22)40-17-27(38)35-20-11-12-24(33)25(34)16-20)15-26-29(39)37(21-9-5-2-6-10-21)30(41-26)36-19-7-3-1-4-8-19/h1-16H,17H2,(H,35,38)/b26-15+,36-30?. The van der Waals surface area contributed by atoms with Gasteiger partial charge in [0.2, 0.25) is 0 Å². The molecule has 41 heavy (non-hydrogen) atoms. The zero-order chi connectivity index (χ0) is 28.9. The van der Waals surface area contributed by atoms with Crippen LogP contribution in [0, 0.1) is 0 Å². The van der Waals surface area contributed by atoms with E-state index in [1.807, 2.05) is 72.8 Å². The lowest BCUT2D eigenvalue weighted by molar-refractivity contribution is -0.118. The summed E-state index contributed by atoms with van der Waals surface area (Å²) < 4.78 is 6.99. The normalized spacial score (nSPS) is 15.0. The fourth-order valence-electron chi connectivity index (χ4n) is 3.83. The minimum atomic E-state index is -0.368. The number of aliphatic imine (C=N–C) groups is 1. The molecule has 6 nitrogen and oxygen atoms in total. The second kappa shape index (κ2) is 13.3. The number of ether oxygens (including phenoxy) is 1. The summed E-state index contributed by atoms with van der Waals surface area (Å²) in [6.45, 7) is -0.239. The maximum Gasteiger partial charge on any atom is 0.271 e. The van der Waals surface area contributed by atoms with Crippen LogP contribution in [0.15, 0.2) is 110 Å². The van der Waals surface area contributed by atoms with Crippen molar-refractivity contribution in [2.75, 3.05) is 16.8 Å². The van der Waals surface area contributed by atoms with Crippen molar-refractivity contribution >= 4 is 107 Å². The lowest BCUT2D eigenvalue weighted by Gasteiger charge is -2.15. The van der Waals surface area contributed by atoms with Gasteiger partial charge in [-0.05, 0) is 110 Å². The molecule has 4 aromatic carbocycles. The summed E-state index contributed by atoms with van der Waals surface area (Å²) in [7, 11) is 0. The Kier molecular flexibility index (Phi) is 9.52. The van der Waals surface area contributed by atoms with Crippen LogP contribution in [0.1, 0.15) is 5.56 Å². The number of nitrogens with one attached hydrogen (secondary N) is 1. The zero-order valence-electron chi connectivity index (χ0n) is 21.0. The molecule has 0 spiro atoms. The average molecular weight is 732 g/mol. The molecule has 1 N–H and O–H groups in total. The van der Waals surface area contributed by atoms with E-state index in [0.29, 0.717) is 40.5 Å². The third-order valence-corrected chi connectivity index (χ3v) is 8.56. The Hall–Kier alpha value is -3.08. The number of nitrogens with zero attached hydrogens (tertiary/aromatic N) is 2. The van der Waals surface area contributed by atoms with Gasteiger partial charge in [0.15, 0.2) is 11.8 Å². The van der Waals surface area contributed by atoms with Crippen LogP contribution in [-0.2, 0) is 9.59 Å². The largest absolute Gasteiger partial charge is 0.481 e. The van der Waals surface area contributed by atoms with Crippen LogP contribution in [0.3, 0.4) is 0 Å². The summed E-state index contributed by atoms with van der Waals surface area (Å²) in [5.41, 5.74) is 2.74. The summed E-state index contributed by atoms with van der Waals surface area (Å²) in [5.74, 6) is -0.103. The fourth-order valence-corrected chi connectivity index (χ4v) is 6.58. The number of hydrogen-bond donors (Lipinski definition) is 1. The first-order valence-electron chi connectivity index (χ1n) is 12.1. The highest BCUT2D eigenvalue weighted by atomic mass is 79.9. The summed E-state index contributed by atoms with van der Waals surface area (Å²) in [4.78, 5) is 32.9. The van der Waals surface area contributed by atoms with Crippen LogP contribution < -0.4 is 15.0 Å². The Morgan fingerprint density at radius 2 is 1.59 bits per heavy atom. The maximum atomic E-state index is 13.6. The van der Waals surface area contributed by atoms with Crippen molar-refractivity contribution < 1.29 is 14.3 Å². The first-order chi connectivity index (χ1) is 19.8. The second-order valence-corrected chi connectivity index (χ2v) is 12.1. The number of carbonyl (C=O) groups is 2. The van der Waals surface area contributed by atoms with Crippen molar-refractivity contribution in [3.05, 3.63) is 120 Å². The van der Waals surface area contributed by atoms with E-state index in [1.54, 1.807) is 29.2 Å². The summed E-state index contributed by atoms with van der Waals surface area (Å²) >= 11 is 20.3. The number of thioether (sulfide) groups is 1. The van der Waals surface area contributed by atoms with E-state index in [4.69, 9.17) is 32.9 Å². The average Bonchev–Trinajstić information content (AvgIpc) is 3.25. The number of benzene rings is 4. The SMILES string of the molecule is O=C(COc1c(Br)cc(/C=C2/SC(=Nc3ccccc3)N(c3ccccc3)C2=O)cc1Br)Nc1ccc(Cl)c(Cl)c1. The van der Waals surface area contributed by atoms with E-state index in [1.165, 1.54) is 11.8 Å². The highest BCUT2D eigenvalue weighted by Crippen LogP contribution is 2.40. The number of carbonyl (C=O) groups excluding carboxylic acids is 2. The first-order valence-corrected chi connectivity index (χ1v) is 15.2. The number of para-hydroxylation sites is 2. The van der Waals surface area contributed by atoms with Crippen molar-refractivity contribution in [1.82, 2.24) is 0 Å². The monoisotopic (exact) mass is 729 g/mol. The minimum Gasteiger partial charge on any atom is -0.481 e. The lowest BCUT2D eigenvalue weighted by atomic mass is 10.2. The molecule has 206 valence electrons. The van der Waals surface area contributed by atoms with Gasteiger partial charge in [-0.2, -0.15) is 0 Å². The van der Waals surface area contributed by atoms with Gasteiger partial charge in [0.1, 0.15) is 5.75 Å². The first kappa shape index (κ1) is 29.4. The number of hydrogen-bond acceptors (Lipinski definition) is 5. The molecule has 0 aliphatic carbocycles. The molecule has 0 saturated carbocycles. The molecule has 1 aliphatic heterocycles. The van der Waals surface area contributed by atoms with Crippen LogP contribution in [0.4, 0.5) is 17.1 Å². The molecule has 1 fully saturated rings. The minimum absolute atomic E-state index is 0.178. The molecule has 1 heterocycles. The third kappa shape index (κ3) is 7.23. The number of amidine groups is 1. The Labute approximate surface area is 267 Å². The third-order valence-electron chi connectivity index (χ3n) is 5.67. The van der Waals surface area contributed by atoms with Gasteiger partial charge in [0, 0.05) is 5.69 Å². The number of anilines is 2. The topological polar surface area (TPSA) is 71.0 Å². The van der Waals surface area contributed by atoms with Gasteiger partial charge in [-0.3, -0.25) is 14.5 Å². The summed E-state index contributed by atoms with van der Waals surface area (Å²) in [6.07, 6.45) is 1.80. The van der Waals surface area contributed by atoms with Gasteiger partial charge in [-0.15, -0.1) is 0 Å². The van der Waals surface area contributed by atoms with Crippen molar-refractivity contribution in [3.8, 4) is 5.75 Å². The lowest BCUT2D eigenvalue weighted by Crippen LogP contribution is -2.28. The molecule has 0 unspecified atom stereocenters. The Morgan fingerprint density at radius 1 is 0.927 bits per heavy atom. The van der Waals surface area contributed by atoms with E-state index < -0.39 is 0 Å². The van der Waals surface area contributed by atoms with Gasteiger partial charge >= 0.3 is 0 Å². The van der Waals surface area contributed by atoms with E-state index in [-0.39, 0.29) is 18.4 Å². The molecular weight excluding hydrogens is 713 g/mol. The van der Waals surface area contributed by atoms with Crippen LogP contribution in [0.2, 0.25) is 10.0 Å². The Balaban J connectivity index is 1.35.